The Bertz CT molecular complexity index is 2270. The van der Waals surface area contributed by atoms with E-state index in [1.165, 1.54) is 16.0 Å². The summed E-state index contributed by atoms with van der Waals surface area (Å²) < 4.78 is 21.1. The lowest BCUT2D eigenvalue weighted by molar-refractivity contribution is -0.465. The molecule has 5 aromatic carbocycles. The minimum Gasteiger partial charge on any atom is -0.460 e. The van der Waals surface area contributed by atoms with Crippen LogP contribution in [0.4, 0.5) is 9.59 Å². The van der Waals surface area contributed by atoms with Gasteiger partial charge in [-0.25, -0.2) is 24.9 Å². The summed E-state index contributed by atoms with van der Waals surface area (Å²) in [6, 6.07) is 47.4. The molecule has 0 spiro atoms. The Morgan fingerprint density at radius 3 is 1.25 bits per heavy atom. The van der Waals surface area contributed by atoms with E-state index in [0.717, 1.165) is 47.3 Å². The molecule has 5 aromatic rings. The van der Waals surface area contributed by atoms with Crippen molar-refractivity contribution in [1.29, 1.82) is 0 Å². The number of hydrogen-bond donors (Lipinski definition) is 2. The number of esters is 2. The Morgan fingerprint density at radius 1 is 0.522 bits per heavy atom. The molecule has 67 heavy (non-hydrogen) atoms. The SMILES string of the molecule is C=C1C[C@H](C)[C@@H](C(=O)OCc2ccccc2)N(C(=O)OCc2ccccc2)C1.C=C1C[C@H](C)[C@@H](C(=O)OCc2ccccc2)N(Cc2ccccc2)C1.O=C(Cl)OCc1ccccc1.OOO. The van der Waals surface area contributed by atoms with Crippen molar-refractivity contribution in [3.05, 3.63) is 204 Å². The van der Waals surface area contributed by atoms with Crippen LogP contribution < -0.4 is 0 Å². The van der Waals surface area contributed by atoms with Gasteiger partial charge in [-0.2, -0.15) is 0 Å². The maximum atomic E-state index is 12.8. The Hall–Kier alpha value is -6.61. The molecule has 0 unspecified atom stereocenters. The van der Waals surface area contributed by atoms with Gasteiger partial charge in [0.1, 0.15) is 38.5 Å². The van der Waals surface area contributed by atoms with Crippen molar-refractivity contribution < 1.29 is 53.7 Å². The van der Waals surface area contributed by atoms with Gasteiger partial charge in [0.25, 0.3) is 0 Å². The van der Waals surface area contributed by atoms with E-state index >= 15 is 0 Å². The quantitative estimate of drug-likeness (QED) is 0.0305. The summed E-state index contributed by atoms with van der Waals surface area (Å²) in [5, 5.41) is 15.5. The molecule has 2 fully saturated rings. The first-order valence-electron chi connectivity index (χ1n) is 21.7. The third-order valence-electron chi connectivity index (χ3n) is 10.6. The molecule has 13 nitrogen and oxygen atoms in total. The number of likely N-dealkylation sites (tertiary alicyclic amines) is 2. The number of halogens is 1. The third-order valence-corrected chi connectivity index (χ3v) is 10.8. The zero-order valence-corrected chi connectivity index (χ0v) is 38.6. The van der Waals surface area contributed by atoms with Gasteiger partial charge < -0.3 is 18.9 Å². The van der Waals surface area contributed by atoms with Crippen LogP contribution in [0.5, 0.6) is 0 Å². The molecular weight excluding hydrogens is 876 g/mol. The lowest BCUT2D eigenvalue weighted by Gasteiger charge is -2.39. The fraction of sp³-hybridized carbons (Fsp3) is 0.283. The maximum absolute atomic E-state index is 12.8. The number of amides is 1. The Kier molecular flexibility index (Phi) is 23.0. The normalized spacial score (nSPS) is 17.7. The Labute approximate surface area is 397 Å². The van der Waals surface area contributed by atoms with Gasteiger partial charge in [-0.3, -0.25) is 14.6 Å². The minimum atomic E-state index is -0.770. The van der Waals surface area contributed by atoms with E-state index < -0.39 is 23.5 Å². The van der Waals surface area contributed by atoms with Crippen LogP contribution in [0, 0.1) is 11.8 Å². The van der Waals surface area contributed by atoms with Crippen LogP contribution in [0.25, 0.3) is 0 Å². The highest BCUT2D eigenvalue weighted by molar-refractivity contribution is 6.61. The Morgan fingerprint density at radius 2 is 0.851 bits per heavy atom. The number of benzene rings is 5. The van der Waals surface area contributed by atoms with Gasteiger partial charge >= 0.3 is 23.5 Å². The third kappa shape index (κ3) is 19.0. The molecule has 1 amide bonds. The molecular formula is C53H59ClN2O11. The molecule has 14 heteroatoms. The second kappa shape index (κ2) is 29.1. The van der Waals surface area contributed by atoms with Gasteiger partial charge in [-0.1, -0.05) is 195 Å². The smallest absolute Gasteiger partial charge is 0.411 e. The molecule has 0 radical (unpaired) electrons. The predicted molar refractivity (Wildman–Crippen MR) is 255 cm³/mol. The van der Waals surface area contributed by atoms with Crippen LogP contribution in [0.15, 0.2) is 176 Å². The van der Waals surface area contributed by atoms with E-state index in [4.69, 9.17) is 36.3 Å². The van der Waals surface area contributed by atoms with Crippen LogP contribution in [0.1, 0.15) is 54.5 Å². The summed E-state index contributed by atoms with van der Waals surface area (Å²) in [6.07, 6.45) is 1.02. The van der Waals surface area contributed by atoms with E-state index in [-0.39, 0.29) is 43.7 Å². The number of hydrogen-bond acceptors (Lipinski definition) is 12. The van der Waals surface area contributed by atoms with Crippen LogP contribution in [0.2, 0.25) is 0 Å². The first-order chi connectivity index (χ1) is 32.4. The van der Waals surface area contributed by atoms with Gasteiger partial charge in [0.15, 0.2) is 0 Å². The summed E-state index contributed by atoms with van der Waals surface area (Å²) in [5.41, 5.74) is 6.25. The molecule has 0 saturated carbocycles. The van der Waals surface area contributed by atoms with Crippen LogP contribution in [-0.2, 0) is 66.5 Å². The predicted octanol–water partition coefficient (Wildman–Crippen LogP) is 11.0. The molecule has 7 rings (SSSR count). The van der Waals surface area contributed by atoms with Crippen LogP contribution in [-0.4, -0.2) is 68.9 Å². The van der Waals surface area contributed by atoms with Crippen molar-refractivity contribution in [3.63, 3.8) is 0 Å². The number of piperidine rings is 2. The average Bonchev–Trinajstić information content (AvgIpc) is 3.33. The minimum absolute atomic E-state index is 0.0891. The lowest BCUT2D eigenvalue weighted by Crippen LogP contribution is -2.53. The molecule has 354 valence electrons. The summed E-state index contributed by atoms with van der Waals surface area (Å²) in [6.45, 7) is 14.8. The van der Waals surface area contributed by atoms with E-state index in [2.05, 4.69) is 46.9 Å². The van der Waals surface area contributed by atoms with E-state index in [1.807, 2.05) is 146 Å². The van der Waals surface area contributed by atoms with Gasteiger partial charge in [0.05, 0.1) is 0 Å². The van der Waals surface area contributed by atoms with Crippen molar-refractivity contribution in [2.75, 3.05) is 13.1 Å². The van der Waals surface area contributed by atoms with Crippen molar-refractivity contribution in [2.24, 2.45) is 11.8 Å². The highest BCUT2D eigenvalue weighted by Crippen LogP contribution is 2.30. The topological polar surface area (TPSA) is 161 Å². The van der Waals surface area contributed by atoms with Gasteiger partial charge in [0.2, 0.25) is 0 Å². The van der Waals surface area contributed by atoms with E-state index in [0.29, 0.717) is 19.6 Å². The van der Waals surface area contributed by atoms with Crippen molar-refractivity contribution in [3.8, 4) is 0 Å². The molecule has 2 aliphatic rings. The van der Waals surface area contributed by atoms with Crippen molar-refractivity contribution in [1.82, 2.24) is 9.80 Å². The summed E-state index contributed by atoms with van der Waals surface area (Å²) in [5.74, 6) is -0.442. The zero-order chi connectivity index (χ0) is 48.4. The van der Waals surface area contributed by atoms with Crippen molar-refractivity contribution in [2.45, 2.75) is 71.7 Å². The van der Waals surface area contributed by atoms with E-state index in [9.17, 15) is 19.2 Å². The molecule has 0 aromatic heterocycles. The van der Waals surface area contributed by atoms with Crippen LogP contribution >= 0.6 is 11.6 Å². The second-order valence-corrected chi connectivity index (χ2v) is 16.4. The standard InChI is InChI=1S/C23H25NO4.C22H25NO2.C8H7ClO2.H2O3/c1-17-13-18(2)21(22(25)27-15-19-9-5-3-6-10-19)24(14-17)23(26)28-16-20-11-7-4-8-12-20;1-17-13-18(2)21(22(24)25-16-20-11-7-4-8-12-20)23(14-17)15-19-9-5-3-6-10-19;9-8(10)11-6-7-4-2-1-3-5-7;1-3-2/h3-12,18,21H,1,13-16H2,2H3;3-12,18,21H,1,13-16H2,2H3;1-5H,6H2;1-2H/t2*18-,21-;;/m00../s1. The van der Waals surface area contributed by atoms with Gasteiger partial charge in [-0.05, 0) is 52.5 Å². The highest BCUT2D eigenvalue weighted by Gasteiger charge is 2.40. The lowest BCUT2D eigenvalue weighted by atomic mass is 9.88. The van der Waals surface area contributed by atoms with Gasteiger partial charge in [-0.15, -0.1) is 0 Å². The number of rotatable bonds is 12. The molecule has 2 heterocycles. The molecule has 2 N–H and O–H groups in total. The largest absolute Gasteiger partial charge is 0.460 e. The Balaban J connectivity index is 0.000000230. The molecule has 0 bridgehead atoms. The number of nitrogens with zero attached hydrogens (tertiary/aromatic N) is 2. The van der Waals surface area contributed by atoms with Crippen LogP contribution in [0.3, 0.4) is 0 Å². The summed E-state index contributed by atoms with van der Waals surface area (Å²) in [7, 11) is 0. The number of carbonyl (C=O) groups is 4. The fourth-order valence-corrected chi connectivity index (χ4v) is 7.75. The first-order valence-corrected chi connectivity index (χ1v) is 22.1. The first kappa shape index (κ1) is 53.0. The van der Waals surface area contributed by atoms with E-state index in [1.54, 1.807) is 0 Å². The molecule has 0 aliphatic carbocycles. The maximum Gasteiger partial charge on any atom is 0.411 e. The van der Waals surface area contributed by atoms with Gasteiger partial charge in [0, 0.05) is 31.2 Å². The molecule has 2 saturated heterocycles. The summed E-state index contributed by atoms with van der Waals surface area (Å²) in [4.78, 5) is 52.1. The monoisotopic (exact) mass is 934 g/mol. The second-order valence-electron chi connectivity index (χ2n) is 16.1. The highest BCUT2D eigenvalue weighted by atomic mass is 35.5. The number of ether oxygens (including phenoxy) is 4. The molecule has 4 atom stereocenters. The number of carbonyl (C=O) groups excluding carboxylic acids is 4. The fourth-order valence-electron chi connectivity index (χ4n) is 7.69. The average molecular weight is 936 g/mol. The van der Waals surface area contributed by atoms with Crippen molar-refractivity contribution >= 4 is 35.1 Å². The summed E-state index contributed by atoms with van der Waals surface area (Å²) >= 11 is 4.97. The molecule has 2 aliphatic heterocycles. The zero-order valence-electron chi connectivity index (χ0n) is 37.9.